The molecule has 1 saturated heterocycles. The fourth-order valence-electron chi connectivity index (χ4n) is 2.01. The summed E-state index contributed by atoms with van der Waals surface area (Å²) in [7, 11) is 0. The van der Waals surface area contributed by atoms with Crippen molar-refractivity contribution in [2.75, 3.05) is 11.4 Å². The van der Waals surface area contributed by atoms with Gasteiger partial charge in [0.05, 0.1) is 16.0 Å². The first kappa shape index (κ1) is 13.5. The van der Waals surface area contributed by atoms with Crippen LogP contribution in [-0.2, 0) is 4.79 Å². The first-order chi connectivity index (χ1) is 8.90. The zero-order valence-corrected chi connectivity index (χ0v) is 10.3. The fraction of sp³-hybridized carbons (Fsp3) is 0.400. The Morgan fingerprint density at radius 1 is 1.63 bits per heavy atom. The number of aromatic nitrogens is 1. The molecule has 1 aliphatic heterocycles. The minimum Gasteiger partial charge on any atom is -0.480 e. The molecule has 0 radical (unpaired) electrons. The second kappa shape index (κ2) is 4.98. The monoisotopic (exact) mass is 287 g/mol. The maximum atomic E-state index is 11.1. The van der Waals surface area contributed by atoms with Gasteiger partial charge in [0.1, 0.15) is 18.1 Å². The third-order valence-electron chi connectivity index (χ3n) is 2.85. The van der Waals surface area contributed by atoms with Gasteiger partial charge >= 0.3 is 5.97 Å². The number of carboxylic acids is 1. The largest absolute Gasteiger partial charge is 0.480 e. The molecule has 2 N–H and O–H groups in total. The van der Waals surface area contributed by atoms with Gasteiger partial charge in [-0.1, -0.05) is 11.6 Å². The lowest BCUT2D eigenvalue weighted by atomic mass is 10.2. The summed E-state index contributed by atoms with van der Waals surface area (Å²) in [6.07, 6.45) is 0.268. The molecule has 0 aliphatic carbocycles. The lowest BCUT2D eigenvalue weighted by Crippen LogP contribution is -2.36. The number of halogens is 1. The number of aliphatic hydroxyl groups is 1. The lowest BCUT2D eigenvalue weighted by Gasteiger charge is -2.22. The first-order valence-electron chi connectivity index (χ1n) is 5.37. The van der Waals surface area contributed by atoms with Gasteiger partial charge in [0.25, 0.3) is 5.69 Å². The van der Waals surface area contributed by atoms with Gasteiger partial charge in [-0.15, -0.1) is 0 Å². The molecule has 19 heavy (non-hydrogen) atoms. The van der Waals surface area contributed by atoms with Gasteiger partial charge in [-0.2, -0.15) is 0 Å². The average molecular weight is 288 g/mol. The fourth-order valence-corrected chi connectivity index (χ4v) is 2.28. The number of carboxylic acid groups (broad SMARTS) is 1. The molecule has 2 atom stereocenters. The van der Waals surface area contributed by atoms with Crippen LogP contribution < -0.4 is 4.90 Å². The molecule has 0 bridgehead atoms. The molecule has 0 spiro atoms. The van der Waals surface area contributed by atoms with Gasteiger partial charge in [-0.3, -0.25) is 10.1 Å². The molecule has 1 aliphatic rings. The van der Waals surface area contributed by atoms with Crippen molar-refractivity contribution in [2.45, 2.75) is 18.6 Å². The Hall–Kier alpha value is -1.93. The smallest absolute Gasteiger partial charge is 0.326 e. The summed E-state index contributed by atoms with van der Waals surface area (Å²) in [5.41, 5.74) is -0.277. The van der Waals surface area contributed by atoms with Crippen molar-refractivity contribution < 1.29 is 19.9 Å². The minimum absolute atomic E-state index is 0.0189. The summed E-state index contributed by atoms with van der Waals surface area (Å²) in [5.74, 6) is -0.982. The topological polar surface area (TPSA) is 117 Å². The third kappa shape index (κ3) is 2.59. The van der Waals surface area contributed by atoms with E-state index in [0.717, 1.165) is 12.3 Å². The summed E-state index contributed by atoms with van der Waals surface area (Å²) >= 11 is 5.89. The first-order valence-corrected chi connectivity index (χ1v) is 5.75. The highest BCUT2D eigenvalue weighted by Crippen LogP contribution is 2.32. The zero-order valence-electron chi connectivity index (χ0n) is 9.56. The van der Waals surface area contributed by atoms with Gasteiger partial charge in [-0.25, -0.2) is 9.78 Å². The predicted molar refractivity (Wildman–Crippen MR) is 65.3 cm³/mol. The van der Waals surface area contributed by atoms with Crippen LogP contribution >= 0.6 is 11.6 Å². The van der Waals surface area contributed by atoms with Crippen molar-refractivity contribution >= 4 is 29.1 Å². The summed E-state index contributed by atoms with van der Waals surface area (Å²) < 4.78 is 0. The van der Waals surface area contributed by atoms with E-state index in [1.807, 2.05) is 0 Å². The van der Waals surface area contributed by atoms with Gasteiger partial charge < -0.3 is 15.1 Å². The van der Waals surface area contributed by atoms with Crippen LogP contribution in [0.2, 0.25) is 5.02 Å². The van der Waals surface area contributed by atoms with Crippen LogP contribution in [0.4, 0.5) is 11.5 Å². The molecule has 1 aromatic heterocycles. The lowest BCUT2D eigenvalue weighted by molar-refractivity contribution is -0.385. The van der Waals surface area contributed by atoms with Crippen LogP contribution in [0.25, 0.3) is 0 Å². The summed E-state index contributed by atoms with van der Waals surface area (Å²) in [6.45, 7) is 0.0709. The normalized spacial score (nSPS) is 22.5. The number of rotatable bonds is 3. The Morgan fingerprint density at radius 3 is 2.84 bits per heavy atom. The Balaban J connectivity index is 2.36. The van der Waals surface area contributed by atoms with Crippen molar-refractivity contribution in [3.05, 3.63) is 27.4 Å². The van der Waals surface area contributed by atoms with Crippen LogP contribution in [0.1, 0.15) is 6.42 Å². The minimum atomic E-state index is -1.10. The third-order valence-corrected chi connectivity index (χ3v) is 3.13. The number of β-amino-alcohol motifs (C(OH)–C–C–N with tert-alkyl or cyclic N) is 1. The summed E-state index contributed by atoms with van der Waals surface area (Å²) in [6, 6.07) is 0.162. The van der Waals surface area contributed by atoms with Gasteiger partial charge in [0.15, 0.2) is 0 Å². The van der Waals surface area contributed by atoms with Crippen LogP contribution in [0.3, 0.4) is 0 Å². The van der Waals surface area contributed by atoms with E-state index < -0.39 is 23.0 Å². The molecule has 0 saturated carbocycles. The molecule has 8 nitrogen and oxygen atoms in total. The van der Waals surface area contributed by atoms with E-state index in [2.05, 4.69) is 4.98 Å². The maximum absolute atomic E-state index is 11.1. The van der Waals surface area contributed by atoms with E-state index in [1.165, 1.54) is 4.90 Å². The predicted octanol–water partition coefficient (Wildman–Crippen LogP) is 0.667. The van der Waals surface area contributed by atoms with E-state index >= 15 is 0 Å². The Bertz CT molecular complexity index is 538. The van der Waals surface area contributed by atoms with E-state index in [1.54, 1.807) is 0 Å². The molecule has 2 heterocycles. The number of aliphatic carboxylic acids is 1. The van der Waals surface area contributed by atoms with Crippen molar-refractivity contribution in [3.63, 3.8) is 0 Å². The SMILES string of the molecule is O=C(O)C1CC(O)CN1c1ncc([N+](=O)[O-])cc1Cl. The maximum Gasteiger partial charge on any atom is 0.326 e. The van der Waals surface area contributed by atoms with Crippen LogP contribution in [0.5, 0.6) is 0 Å². The van der Waals surface area contributed by atoms with Crippen molar-refractivity contribution in [1.82, 2.24) is 4.98 Å². The summed E-state index contributed by atoms with van der Waals surface area (Å²) in [4.78, 5) is 26.2. The highest BCUT2D eigenvalue weighted by atomic mass is 35.5. The van der Waals surface area contributed by atoms with Crippen molar-refractivity contribution in [2.24, 2.45) is 0 Å². The van der Waals surface area contributed by atoms with Crippen LogP contribution in [0.15, 0.2) is 12.3 Å². The number of pyridine rings is 1. The van der Waals surface area contributed by atoms with Crippen LogP contribution in [-0.4, -0.2) is 44.8 Å². The number of aliphatic hydroxyl groups excluding tert-OH is 1. The highest BCUT2D eigenvalue weighted by molar-refractivity contribution is 6.33. The zero-order chi connectivity index (χ0) is 14.2. The van der Waals surface area contributed by atoms with Gasteiger partial charge in [0, 0.05) is 19.0 Å². The second-order valence-corrected chi connectivity index (χ2v) is 4.56. The number of nitro groups is 1. The molecule has 2 unspecified atom stereocenters. The molecule has 0 aromatic carbocycles. The van der Waals surface area contributed by atoms with E-state index in [9.17, 15) is 20.0 Å². The molecular formula is C10H10ClN3O5. The number of carbonyl (C=O) groups is 1. The second-order valence-electron chi connectivity index (χ2n) is 4.15. The molecule has 0 amide bonds. The molecule has 1 fully saturated rings. The Morgan fingerprint density at radius 2 is 2.32 bits per heavy atom. The molecule has 9 heteroatoms. The van der Waals surface area contributed by atoms with Gasteiger partial charge in [0.2, 0.25) is 0 Å². The average Bonchev–Trinajstić information content (AvgIpc) is 2.71. The molecule has 102 valence electrons. The van der Waals surface area contributed by atoms with E-state index in [4.69, 9.17) is 16.7 Å². The quantitative estimate of drug-likeness (QED) is 0.619. The van der Waals surface area contributed by atoms with Crippen molar-refractivity contribution in [3.8, 4) is 0 Å². The number of anilines is 1. The molecular weight excluding hydrogens is 278 g/mol. The van der Waals surface area contributed by atoms with Gasteiger partial charge in [-0.05, 0) is 0 Å². The van der Waals surface area contributed by atoms with Crippen LogP contribution in [0, 0.1) is 10.1 Å². The summed E-state index contributed by atoms with van der Waals surface area (Å²) in [5, 5.41) is 29.1. The highest BCUT2D eigenvalue weighted by Gasteiger charge is 2.37. The van der Waals surface area contributed by atoms with Crippen molar-refractivity contribution in [1.29, 1.82) is 0 Å². The number of hydrogen-bond acceptors (Lipinski definition) is 6. The molecule has 1 aromatic rings. The van der Waals surface area contributed by atoms with E-state index in [-0.39, 0.29) is 29.5 Å². The molecule has 2 rings (SSSR count). The Kier molecular flexibility index (Phi) is 3.54. The Labute approximate surface area is 112 Å². The standard InChI is InChI=1S/C10H10ClN3O5/c11-7-1-5(14(18)19)3-12-9(7)13-4-6(15)2-8(13)10(16)17/h1,3,6,8,15H,2,4H2,(H,16,17). The number of nitrogens with zero attached hydrogens (tertiary/aromatic N) is 3. The van der Waals surface area contributed by atoms with E-state index in [0.29, 0.717) is 0 Å². The number of hydrogen-bond donors (Lipinski definition) is 2.